The molecule has 0 fully saturated rings. The predicted molar refractivity (Wildman–Crippen MR) is 58.1 cm³/mol. The van der Waals surface area contributed by atoms with Gasteiger partial charge in [-0.15, -0.1) is 0 Å². The maximum Gasteiger partial charge on any atom is 0.317 e. The zero-order valence-electron chi connectivity index (χ0n) is 9.92. The number of unbranched alkanes of at least 4 members (excludes halogenated alkanes) is 1. The van der Waals surface area contributed by atoms with E-state index in [1.165, 1.54) is 12.8 Å². The van der Waals surface area contributed by atoms with Crippen LogP contribution in [0.2, 0.25) is 0 Å². The first-order valence-corrected chi connectivity index (χ1v) is 4.91. The Morgan fingerprint density at radius 3 is 1.46 bits per heavy atom. The number of hydrogen-bond donors (Lipinski definition) is 1. The highest BCUT2D eigenvalue weighted by Gasteiger charge is 1.94. The molecule has 0 aromatic carbocycles. The Kier molecular flexibility index (Phi) is 24.6. The van der Waals surface area contributed by atoms with Gasteiger partial charge in [0.1, 0.15) is 0 Å². The molecule has 0 bridgehead atoms. The van der Waals surface area contributed by atoms with Crippen molar-refractivity contribution in [2.75, 3.05) is 20.6 Å². The zero-order valence-corrected chi connectivity index (χ0v) is 9.92. The van der Waals surface area contributed by atoms with Crippen LogP contribution in [0.4, 0.5) is 0 Å². The second kappa shape index (κ2) is 17.5. The van der Waals surface area contributed by atoms with E-state index in [1.807, 2.05) is 13.8 Å². The van der Waals surface area contributed by atoms with Crippen LogP contribution in [-0.2, 0) is 4.79 Å². The summed E-state index contributed by atoms with van der Waals surface area (Å²) in [6.07, 6.45) is 2.64. The molecule has 0 saturated carbocycles. The van der Waals surface area contributed by atoms with Gasteiger partial charge in [-0.2, -0.15) is 0 Å². The summed E-state index contributed by atoms with van der Waals surface area (Å²) in [4.78, 5) is 11.4. The van der Waals surface area contributed by atoms with Crippen molar-refractivity contribution in [3.8, 4) is 0 Å². The van der Waals surface area contributed by atoms with Gasteiger partial charge in [-0.05, 0) is 14.1 Å². The van der Waals surface area contributed by atoms with Crippen LogP contribution in [0.5, 0.6) is 0 Å². The summed E-state index contributed by atoms with van der Waals surface area (Å²) in [6, 6.07) is 0. The van der Waals surface area contributed by atoms with Crippen LogP contribution in [0.15, 0.2) is 0 Å². The third-order valence-corrected chi connectivity index (χ3v) is 0.951. The molecular formula is C10H25NO2. The average Bonchev–Trinajstić information content (AvgIpc) is 2.06. The van der Waals surface area contributed by atoms with E-state index in [4.69, 9.17) is 5.11 Å². The van der Waals surface area contributed by atoms with Crippen LogP contribution in [0, 0.1) is 0 Å². The normalized spacial score (nSPS) is 7.92. The van der Waals surface area contributed by atoms with Crippen molar-refractivity contribution in [3.63, 3.8) is 0 Å². The van der Waals surface area contributed by atoms with Crippen LogP contribution in [0.1, 0.15) is 40.5 Å². The Bertz CT molecular complexity index is 90.9. The second-order valence-electron chi connectivity index (χ2n) is 2.63. The number of aliphatic carboxylic acids is 1. The van der Waals surface area contributed by atoms with E-state index < -0.39 is 5.97 Å². The average molecular weight is 191 g/mol. The Balaban J connectivity index is -0.000000142. The minimum Gasteiger partial charge on any atom is -0.480 e. The number of hydrogen-bond acceptors (Lipinski definition) is 2. The third-order valence-electron chi connectivity index (χ3n) is 0.951. The highest BCUT2D eigenvalue weighted by Crippen LogP contribution is 1.76. The van der Waals surface area contributed by atoms with Gasteiger partial charge in [0.05, 0.1) is 6.54 Å². The number of nitrogens with zero attached hydrogens (tertiary/aromatic N) is 1. The fourth-order valence-corrected chi connectivity index (χ4v) is 0.271. The Morgan fingerprint density at radius 1 is 1.15 bits per heavy atom. The SMILES string of the molecule is CC.CCCC.CN(C)CC(=O)O. The molecule has 13 heavy (non-hydrogen) atoms. The van der Waals surface area contributed by atoms with Gasteiger partial charge < -0.3 is 5.11 Å². The molecule has 0 spiro atoms. The van der Waals surface area contributed by atoms with Crippen LogP contribution in [-0.4, -0.2) is 36.6 Å². The molecule has 0 aromatic rings. The van der Waals surface area contributed by atoms with Gasteiger partial charge in [0.15, 0.2) is 0 Å². The summed E-state index contributed by atoms with van der Waals surface area (Å²) in [5.74, 6) is -0.787. The summed E-state index contributed by atoms with van der Waals surface area (Å²) >= 11 is 0. The van der Waals surface area contributed by atoms with E-state index in [-0.39, 0.29) is 6.54 Å². The summed E-state index contributed by atoms with van der Waals surface area (Å²) < 4.78 is 0. The second-order valence-corrected chi connectivity index (χ2v) is 2.63. The molecule has 0 aliphatic carbocycles. The monoisotopic (exact) mass is 191 g/mol. The first kappa shape index (κ1) is 18.3. The van der Waals surface area contributed by atoms with Gasteiger partial charge in [0, 0.05) is 0 Å². The first-order chi connectivity index (χ1) is 6.04. The molecule has 0 saturated heterocycles. The van der Waals surface area contributed by atoms with E-state index in [0.29, 0.717) is 0 Å². The maximum atomic E-state index is 9.77. The minimum absolute atomic E-state index is 0.111. The molecule has 0 rings (SSSR count). The fraction of sp³-hybridized carbons (Fsp3) is 0.900. The molecule has 0 radical (unpaired) electrons. The first-order valence-electron chi connectivity index (χ1n) is 4.91. The van der Waals surface area contributed by atoms with E-state index in [2.05, 4.69) is 13.8 Å². The third kappa shape index (κ3) is 51.8. The summed E-state index contributed by atoms with van der Waals surface area (Å²) in [7, 11) is 3.43. The molecule has 3 nitrogen and oxygen atoms in total. The quantitative estimate of drug-likeness (QED) is 0.745. The van der Waals surface area contributed by atoms with Gasteiger partial charge in [0.2, 0.25) is 0 Å². The van der Waals surface area contributed by atoms with Crippen molar-refractivity contribution in [2.45, 2.75) is 40.5 Å². The van der Waals surface area contributed by atoms with Crippen molar-refractivity contribution in [2.24, 2.45) is 0 Å². The Hall–Kier alpha value is -0.570. The van der Waals surface area contributed by atoms with Gasteiger partial charge in [-0.25, -0.2) is 0 Å². The summed E-state index contributed by atoms with van der Waals surface area (Å²) in [6.45, 7) is 8.47. The topological polar surface area (TPSA) is 40.5 Å². The minimum atomic E-state index is -0.787. The van der Waals surface area contributed by atoms with Crippen LogP contribution in [0.25, 0.3) is 0 Å². The van der Waals surface area contributed by atoms with Crippen molar-refractivity contribution < 1.29 is 9.90 Å². The van der Waals surface area contributed by atoms with Crippen LogP contribution >= 0.6 is 0 Å². The van der Waals surface area contributed by atoms with E-state index in [9.17, 15) is 4.79 Å². The number of rotatable bonds is 3. The number of carboxylic acid groups (broad SMARTS) is 1. The van der Waals surface area contributed by atoms with Crippen molar-refractivity contribution in [1.29, 1.82) is 0 Å². The lowest BCUT2D eigenvalue weighted by Gasteiger charge is -2.01. The van der Waals surface area contributed by atoms with Gasteiger partial charge >= 0.3 is 5.97 Å². The van der Waals surface area contributed by atoms with E-state index in [1.54, 1.807) is 19.0 Å². The molecule has 82 valence electrons. The van der Waals surface area contributed by atoms with Gasteiger partial charge in [-0.1, -0.05) is 40.5 Å². The molecule has 0 unspecified atom stereocenters. The predicted octanol–water partition coefficient (Wildman–Crippen LogP) is 2.47. The van der Waals surface area contributed by atoms with Crippen molar-refractivity contribution >= 4 is 5.97 Å². The van der Waals surface area contributed by atoms with Crippen molar-refractivity contribution in [1.82, 2.24) is 4.90 Å². The lowest BCUT2D eigenvalue weighted by molar-refractivity contribution is -0.137. The molecule has 0 heterocycles. The Labute approximate surface area is 82.8 Å². The lowest BCUT2D eigenvalue weighted by atomic mass is 10.4. The van der Waals surface area contributed by atoms with Gasteiger partial charge in [-0.3, -0.25) is 9.69 Å². The van der Waals surface area contributed by atoms with Crippen LogP contribution < -0.4 is 0 Å². The Morgan fingerprint density at radius 2 is 1.46 bits per heavy atom. The molecule has 0 aliphatic rings. The molecule has 0 aromatic heterocycles. The van der Waals surface area contributed by atoms with Gasteiger partial charge in [0.25, 0.3) is 0 Å². The largest absolute Gasteiger partial charge is 0.480 e. The summed E-state index contributed by atoms with van der Waals surface area (Å²) in [5.41, 5.74) is 0. The number of likely N-dealkylation sites (N-methyl/N-ethyl adjacent to an activating group) is 1. The molecule has 0 atom stereocenters. The smallest absolute Gasteiger partial charge is 0.317 e. The zero-order chi connectivity index (χ0) is 11.3. The fourth-order valence-electron chi connectivity index (χ4n) is 0.271. The highest BCUT2D eigenvalue weighted by molar-refractivity contribution is 5.68. The molecule has 0 aliphatic heterocycles. The molecule has 3 heteroatoms. The van der Waals surface area contributed by atoms with E-state index in [0.717, 1.165) is 0 Å². The molecular weight excluding hydrogens is 166 g/mol. The lowest BCUT2D eigenvalue weighted by Crippen LogP contribution is -2.20. The highest BCUT2D eigenvalue weighted by atomic mass is 16.4. The number of carboxylic acids is 1. The summed E-state index contributed by atoms with van der Waals surface area (Å²) in [5, 5.41) is 8.04. The molecule has 0 amide bonds. The molecule has 1 N–H and O–H groups in total. The standard InChI is InChI=1S/C4H9NO2.C4H10.C2H6/c1-5(2)3-4(6)7;1-3-4-2;1-2/h3H2,1-2H3,(H,6,7);3-4H2,1-2H3;1-2H3. The number of carbonyl (C=O) groups is 1. The maximum absolute atomic E-state index is 9.77. The van der Waals surface area contributed by atoms with Crippen molar-refractivity contribution in [3.05, 3.63) is 0 Å². The van der Waals surface area contributed by atoms with E-state index >= 15 is 0 Å². The van der Waals surface area contributed by atoms with Crippen LogP contribution in [0.3, 0.4) is 0 Å².